The second kappa shape index (κ2) is 10.9. The first-order valence-corrected chi connectivity index (χ1v) is 11.4. The molecule has 0 bridgehead atoms. The van der Waals surface area contributed by atoms with Crippen LogP contribution in [-0.2, 0) is 47.5 Å². The Morgan fingerprint density at radius 2 is 1.12 bits per heavy atom. The molecule has 2 aromatic carbocycles. The number of benzene rings is 2. The molecule has 0 saturated heterocycles. The topological polar surface area (TPSA) is 81.7 Å². The molecule has 0 aromatic heterocycles. The number of hydrogen-bond acceptors (Lipinski definition) is 5. The summed E-state index contributed by atoms with van der Waals surface area (Å²) in [6.45, 7) is 0. The lowest BCUT2D eigenvalue weighted by Crippen LogP contribution is -2.12. The Morgan fingerprint density at radius 3 is 1.50 bits per heavy atom. The van der Waals surface area contributed by atoms with E-state index in [0.717, 1.165) is 11.1 Å². The molecule has 2 aromatic rings. The summed E-state index contributed by atoms with van der Waals surface area (Å²) < 4.78 is 45.2. The minimum absolute atomic E-state index is 0.169. The molecule has 2 atom stereocenters. The first kappa shape index (κ1) is 19.5. The summed E-state index contributed by atoms with van der Waals surface area (Å²) in [4.78, 5) is 0. The third-order valence-corrected chi connectivity index (χ3v) is 6.21. The van der Waals surface area contributed by atoms with Crippen LogP contribution in [0, 0.1) is 0 Å². The summed E-state index contributed by atoms with van der Waals surface area (Å²) in [5, 5.41) is 0. The van der Waals surface area contributed by atoms with Crippen molar-refractivity contribution >= 4 is 30.6 Å². The molecule has 0 unspecified atom stereocenters. The second-order valence-electron chi connectivity index (χ2n) is 4.91. The van der Waals surface area contributed by atoms with Crippen LogP contribution in [-0.4, -0.2) is 21.0 Å². The van der Waals surface area contributed by atoms with Gasteiger partial charge in [-0.15, -0.1) is 0 Å². The molecule has 8 heteroatoms. The minimum atomic E-state index is -2.80. The highest BCUT2D eigenvalue weighted by molar-refractivity contribution is 7.90. The van der Waals surface area contributed by atoms with Crippen molar-refractivity contribution in [2.45, 2.75) is 11.5 Å². The zero-order chi connectivity index (χ0) is 17.2. The van der Waals surface area contributed by atoms with Gasteiger partial charge in [-0.3, -0.25) is 13.6 Å². The Labute approximate surface area is 148 Å². The molecule has 5 nitrogen and oxygen atoms in total. The predicted molar refractivity (Wildman–Crippen MR) is 97.5 cm³/mol. The quantitative estimate of drug-likeness (QED) is 0.463. The maximum atomic E-state index is 11.8. The van der Waals surface area contributed by atoms with Crippen LogP contribution in [0.2, 0.25) is 0 Å². The Kier molecular flexibility index (Phi) is 8.91. The molecule has 0 aliphatic heterocycles. The Balaban J connectivity index is 1.62. The molecular weight excluding hydrogens is 367 g/mol. The van der Waals surface area contributed by atoms with Crippen LogP contribution in [0.3, 0.4) is 0 Å². The second-order valence-corrected chi connectivity index (χ2v) is 8.80. The van der Waals surface area contributed by atoms with E-state index in [2.05, 4.69) is 0 Å². The summed E-state index contributed by atoms with van der Waals surface area (Å²) in [6, 6.07) is 18.7. The first-order chi connectivity index (χ1) is 11.6. The van der Waals surface area contributed by atoms with Gasteiger partial charge in [0.05, 0.1) is 0 Å². The zero-order valence-electron chi connectivity index (χ0n) is 13.0. The molecule has 130 valence electrons. The van der Waals surface area contributed by atoms with E-state index in [1.54, 1.807) is 0 Å². The van der Waals surface area contributed by atoms with Crippen LogP contribution < -0.4 is 0 Å². The molecule has 2 rings (SSSR count). The summed E-state index contributed by atoms with van der Waals surface area (Å²) in [5.74, 6) is 0.321. The molecule has 24 heavy (non-hydrogen) atoms. The van der Waals surface area contributed by atoms with E-state index in [1.165, 1.54) is 0 Å². The van der Waals surface area contributed by atoms with Crippen LogP contribution >= 0.6 is 8.25 Å². The Bertz CT molecular complexity index is 561. The summed E-state index contributed by atoms with van der Waals surface area (Å²) >= 11 is -2.58. The summed E-state index contributed by atoms with van der Waals surface area (Å²) in [6.07, 6.45) is 0. The third-order valence-electron chi connectivity index (χ3n) is 2.96. The van der Waals surface area contributed by atoms with Gasteiger partial charge in [0.15, 0.2) is 0 Å². The van der Waals surface area contributed by atoms with Crippen LogP contribution in [0.4, 0.5) is 0 Å². The lowest BCUT2D eigenvalue weighted by atomic mass is 10.2. The standard InChI is InChI=1S/C16H19O5PS2/c17-22(20-13-23(18)11-15-7-3-1-4-8-15)21-14-24(19)12-16-9-5-2-6-10-16/h1-10,22H,11-14H2/t23-,24-/m0/s1. The summed E-state index contributed by atoms with van der Waals surface area (Å²) in [7, 11) is -2.80. The highest BCUT2D eigenvalue weighted by Gasteiger charge is 2.14. The van der Waals surface area contributed by atoms with Crippen molar-refractivity contribution < 1.29 is 22.7 Å². The lowest BCUT2D eigenvalue weighted by molar-refractivity contribution is 0.275. The fourth-order valence-corrected chi connectivity index (χ4v) is 5.07. The smallest absolute Gasteiger partial charge is 0.326 e. The van der Waals surface area contributed by atoms with E-state index in [0.29, 0.717) is 11.5 Å². The largest absolute Gasteiger partial charge is 0.614 e. The molecule has 0 N–H and O–H groups in total. The SMILES string of the molecule is O=[PH](OC[S@@+]([O-])Cc1ccccc1)OC[S@@+]([O-])Cc1ccccc1. The van der Waals surface area contributed by atoms with Crippen LogP contribution in [0.1, 0.15) is 11.1 Å². The molecule has 0 aliphatic carbocycles. The van der Waals surface area contributed by atoms with Crippen molar-refractivity contribution in [1.82, 2.24) is 0 Å². The van der Waals surface area contributed by atoms with Gasteiger partial charge in [-0.25, -0.2) is 0 Å². The highest BCUT2D eigenvalue weighted by Crippen LogP contribution is 2.26. The van der Waals surface area contributed by atoms with Crippen molar-refractivity contribution in [2.24, 2.45) is 0 Å². The summed E-state index contributed by atoms with van der Waals surface area (Å²) in [5.41, 5.74) is 1.84. The van der Waals surface area contributed by atoms with E-state index in [4.69, 9.17) is 9.05 Å². The van der Waals surface area contributed by atoms with Gasteiger partial charge < -0.3 is 9.11 Å². The Hall–Kier alpha value is -0.790. The van der Waals surface area contributed by atoms with Crippen molar-refractivity contribution in [3.8, 4) is 0 Å². The molecule has 0 heterocycles. The predicted octanol–water partition coefficient (Wildman–Crippen LogP) is 3.22. The van der Waals surface area contributed by atoms with Gasteiger partial charge in [0.2, 0.25) is 11.9 Å². The molecule has 0 radical (unpaired) electrons. The van der Waals surface area contributed by atoms with E-state index in [9.17, 15) is 13.7 Å². The molecule has 0 aliphatic rings. The van der Waals surface area contributed by atoms with Gasteiger partial charge in [0, 0.05) is 11.1 Å². The van der Waals surface area contributed by atoms with Crippen LogP contribution in [0.25, 0.3) is 0 Å². The molecular formula is C16H19O5PS2. The first-order valence-electron chi connectivity index (χ1n) is 7.21. The third kappa shape index (κ3) is 7.85. The van der Waals surface area contributed by atoms with Gasteiger partial charge in [0.25, 0.3) is 0 Å². The number of rotatable bonds is 10. The van der Waals surface area contributed by atoms with E-state index >= 15 is 0 Å². The van der Waals surface area contributed by atoms with E-state index in [-0.39, 0.29) is 11.9 Å². The van der Waals surface area contributed by atoms with Crippen LogP contribution in [0.5, 0.6) is 0 Å². The molecule has 0 saturated carbocycles. The molecule has 0 amide bonds. The van der Waals surface area contributed by atoms with Gasteiger partial charge in [-0.05, 0) is 22.4 Å². The van der Waals surface area contributed by atoms with E-state index < -0.39 is 30.6 Å². The van der Waals surface area contributed by atoms with Gasteiger partial charge in [-0.2, -0.15) is 0 Å². The minimum Gasteiger partial charge on any atom is -0.614 e. The van der Waals surface area contributed by atoms with Gasteiger partial charge in [0.1, 0.15) is 11.5 Å². The van der Waals surface area contributed by atoms with Crippen molar-refractivity contribution in [3.63, 3.8) is 0 Å². The Morgan fingerprint density at radius 1 is 0.750 bits per heavy atom. The van der Waals surface area contributed by atoms with Crippen LogP contribution in [0.15, 0.2) is 60.7 Å². The van der Waals surface area contributed by atoms with Crippen molar-refractivity contribution in [1.29, 1.82) is 0 Å². The zero-order valence-corrected chi connectivity index (χ0v) is 15.6. The van der Waals surface area contributed by atoms with Gasteiger partial charge in [-0.1, -0.05) is 60.7 Å². The maximum Gasteiger partial charge on any atom is 0.326 e. The average molecular weight is 386 g/mol. The maximum absolute atomic E-state index is 11.8. The normalized spacial score (nSPS) is 13.8. The monoisotopic (exact) mass is 386 g/mol. The fraction of sp³-hybridized carbons (Fsp3) is 0.250. The van der Waals surface area contributed by atoms with Gasteiger partial charge >= 0.3 is 8.25 Å². The lowest BCUT2D eigenvalue weighted by Gasteiger charge is -2.13. The van der Waals surface area contributed by atoms with Crippen molar-refractivity contribution in [2.75, 3.05) is 11.9 Å². The average Bonchev–Trinajstić information content (AvgIpc) is 2.60. The van der Waals surface area contributed by atoms with E-state index in [1.807, 2.05) is 60.7 Å². The highest BCUT2D eigenvalue weighted by atomic mass is 32.2. The van der Waals surface area contributed by atoms with Crippen molar-refractivity contribution in [3.05, 3.63) is 71.8 Å². The molecule has 0 fully saturated rings. The fourth-order valence-electron chi connectivity index (χ4n) is 1.87. The molecule has 0 spiro atoms. The number of hydrogen-bond donors (Lipinski definition) is 0.